The molecule has 0 radical (unpaired) electrons. The second-order valence-corrected chi connectivity index (χ2v) is 7.05. The van der Waals surface area contributed by atoms with Crippen molar-refractivity contribution in [1.29, 1.82) is 0 Å². The highest BCUT2D eigenvalue weighted by Gasteiger charge is 2.31. The van der Waals surface area contributed by atoms with E-state index in [0.29, 0.717) is 10.6 Å². The lowest BCUT2D eigenvalue weighted by Crippen LogP contribution is -2.44. The van der Waals surface area contributed by atoms with Gasteiger partial charge in [0.15, 0.2) is 0 Å². The Bertz CT molecular complexity index is 566. The van der Waals surface area contributed by atoms with Crippen LogP contribution in [-0.4, -0.2) is 40.3 Å². The van der Waals surface area contributed by atoms with Crippen molar-refractivity contribution in [3.8, 4) is 0 Å². The quantitative estimate of drug-likeness (QED) is 0.873. The highest BCUT2D eigenvalue weighted by atomic mass is 35.5. The number of hydrogen-bond acceptors (Lipinski definition) is 3. The molecule has 0 aliphatic carbocycles. The molecule has 1 amide bonds. The first kappa shape index (κ1) is 19.3. The third-order valence-electron chi connectivity index (χ3n) is 3.21. The fraction of sp³-hybridized carbons (Fsp3) is 0.529. The zero-order chi connectivity index (χ0) is 17.8. The lowest BCUT2D eigenvalue weighted by molar-refractivity contribution is -0.139. The molecule has 0 heterocycles. The summed E-state index contributed by atoms with van der Waals surface area (Å²) in [6, 6.07) is 6.56. The largest absolute Gasteiger partial charge is 0.481 e. The first-order valence-corrected chi connectivity index (χ1v) is 7.87. The van der Waals surface area contributed by atoms with Gasteiger partial charge in [-0.05, 0) is 46.2 Å². The van der Waals surface area contributed by atoms with Crippen LogP contribution >= 0.6 is 11.6 Å². The summed E-state index contributed by atoms with van der Waals surface area (Å²) in [4.78, 5) is 25.4. The average molecular weight is 342 g/mol. The molecule has 0 saturated carbocycles. The Hall–Kier alpha value is -1.75. The molecular formula is C17H24ClNO4. The molecule has 0 aromatic heterocycles. The van der Waals surface area contributed by atoms with Crippen LogP contribution in [0.25, 0.3) is 0 Å². The maximum atomic E-state index is 12.4. The van der Waals surface area contributed by atoms with Crippen LogP contribution < -0.4 is 0 Å². The number of benzene rings is 1. The monoisotopic (exact) mass is 341 g/mol. The highest BCUT2D eigenvalue weighted by Crippen LogP contribution is 2.27. The third-order valence-corrected chi connectivity index (χ3v) is 3.55. The van der Waals surface area contributed by atoms with Crippen molar-refractivity contribution in [2.45, 2.75) is 52.2 Å². The number of nitrogens with zero attached hydrogens (tertiary/aromatic N) is 1. The predicted molar refractivity (Wildman–Crippen MR) is 89.9 cm³/mol. The first-order valence-electron chi connectivity index (χ1n) is 7.49. The number of carboxylic acid groups (broad SMARTS) is 1. The van der Waals surface area contributed by atoms with E-state index in [-0.39, 0.29) is 12.6 Å². The molecule has 0 aliphatic heterocycles. The van der Waals surface area contributed by atoms with Gasteiger partial charge in [0.05, 0.1) is 0 Å². The maximum absolute atomic E-state index is 12.4. The minimum absolute atomic E-state index is 0.00829. The molecule has 1 rings (SSSR count). The molecular weight excluding hydrogens is 318 g/mol. The van der Waals surface area contributed by atoms with Crippen LogP contribution in [0.15, 0.2) is 24.3 Å². The number of carbonyl (C=O) groups is 2. The second kappa shape index (κ2) is 7.68. The van der Waals surface area contributed by atoms with E-state index >= 15 is 0 Å². The smallest absolute Gasteiger partial charge is 0.410 e. The van der Waals surface area contributed by atoms with Gasteiger partial charge in [0.25, 0.3) is 0 Å². The van der Waals surface area contributed by atoms with Gasteiger partial charge in [0, 0.05) is 17.6 Å². The van der Waals surface area contributed by atoms with Crippen molar-refractivity contribution >= 4 is 23.7 Å². The Labute approximate surface area is 142 Å². The molecule has 1 unspecified atom stereocenters. The SMILES string of the molecule is CC(C)N(CC(C(=O)O)c1ccccc1Cl)C(=O)OC(C)(C)C. The van der Waals surface area contributed by atoms with Crippen molar-refractivity contribution in [3.63, 3.8) is 0 Å². The van der Waals surface area contributed by atoms with Crippen LogP contribution in [-0.2, 0) is 9.53 Å². The van der Waals surface area contributed by atoms with Crippen molar-refractivity contribution in [3.05, 3.63) is 34.9 Å². The van der Waals surface area contributed by atoms with Gasteiger partial charge in [-0.3, -0.25) is 4.79 Å². The van der Waals surface area contributed by atoms with Crippen LogP contribution in [0.3, 0.4) is 0 Å². The van der Waals surface area contributed by atoms with Gasteiger partial charge in [-0.15, -0.1) is 0 Å². The van der Waals surface area contributed by atoms with Gasteiger partial charge in [-0.2, -0.15) is 0 Å². The molecule has 1 atom stereocenters. The number of rotatable bonds is 5. The van der Waals surface area contributed by atoms with E-state index < -0.39 is 23.6 Å². The van der Waals surface area contributed by atoms with E-state index in [4.69, 9.17) is 16.3 Å². The zero-order valence-electron chi connectivity index (χ0n) is 14.2. The first-order chi connectivity index (χ1) is 10.5. The molecule has 0 aliphatic rings. The zero-order valence-corrected chi connectivity index (χ0v) is 14.9. The fourth-order valence-electron chi connectivity index (χ4n) is 2.08. The number of carbonyl (C=O) groups excluding carboxylic acids is 1. The number of aliphatic carboxylic acids is 1. The molecule has 128 valence electrons. The van der Waals surface area contributed by atoms with Crippen LogP contribution in [0.1, 0.15) is 46.1 Å². The molecule has 1 aromatic carbocycles. The van der Waals surface area contributed by atoms with Gasteiger partial charge in [-0.25, -0.2) is 4.79 Å². The number of carboxylic acids is 1. The minimum Gasteiger partial charge on any atom is -0.481 e. The average Bonchev–Trinajstić information content (AvgIpc) is 2.38. The molecule has 5 nitrogen and oxygen atoms in total. The summed E-state index contributed by atoms with van der Waals surface area (Å²) in [6.45, 7) is 8.93. The van der Waals surface area contributed by atoms with Crippen LogP contribution in [0, 0.1) is 0 Å². The number of hydrogen-bond donors (Lipinski definition) is 1. The maximum Gasteiger partial charge on any atom is 0.410 e. The summed E-state index contributed by atoms with van der Waals surface area (Å²) >= 11 is 6.11. The predicted octanol–water partition coefficient (Wildman–Crippen LogP) is 4.15. The molecule has 6 heteroatoms. The molecule has 0 spiro atoms. The fourth-order valence-corrected chi connectivity index (χ4v) is 2.35. The van der Waals surface area contributed by atoms with Crippen LogP contribution in [0.4, 0.5) is 4.79 Å². The van der Waals surface area contributed by atoms with Gasteiger partial charge in [0.2, 0.25) is 0 Å². The summed E-state index contributed by atoms with van der Waals surface area (Å²) in [7, 11) is 0. The lowest BCUT2D eigenvalue weighted by atomic mass is 9.98. The second-order valence-electron chi connectivity index (χ2n) is 6.64. The molecule has 23 heavy (non-hydrogen) atoms. The van der Waals surface area contributed by atoms with Crippen molar-refractivity contribution in [2.24, 2.45) is 0 Å². The number of ether oxygens (including phenoxy) is 1. The summed E-state index contributed by atoms with van der Waals surface area (Å²) in [5.74, 6) is -1.95. The molecule has 0 fully saturated rings. The van der Waals surface area contributed by atoms with E-state index in [9.17, 15) is 14.7 Å². The van der Waals surface area contributed by atoms with E-state index in [1.165, 1.54) is 4.90 Å². The normalized spacial score (nSPS) is 12.8. The third kappa shape index (κ3) is 5.75. The Morgan fingerprint density at radius 1 is 1.26 bits per heavy atom. The minimum atomic E-state index is -1.03. The molecule has 0 bridgehead atoms. The molecule has 0 saturated heterocycles. The molecule has 1 aromatic rings. The van der Waals surface area contributed by atoms with Crippen LogP contribution in [0.2, 0.25) is 5.02 Å². The van der Waals surface area contributed by atoms with Crippen molar-refractivity contribution < 1.29 is 19.4 Å². The van der Waals surface area contributed by atoms with Crippen LogP contribution in [0.5, 0.6) is 0 Å². The summed E-state index contributed by atoms with van der Waals surface area (Å²) in [5.41, 5.74) is -0.163. The Morgan fingerprint density at radius 3 is 2.26 bits per heavy atom. The van der Waals surface area contributed by atoms with E-state index in [2.05, 4.69) is 0 Å². The Kier molecular flexibility index (Phi) is 6.45. The highest BCUT2D eigenvalue weighted by molar-refractivity contribution is 6.31. The van der Waals surface area contributed by atoms with Gasteiger partial charge in [0.1, 0.15) is 11.5 Å². The van der Waals surface area contributed by atoms with Crippen molar-refractivity contribution in [1.82, 2.24) is 4.90 Å². The number of amides is 1. The van der Waals surface area contributed by atoms with Gasteiger partial charge in [-0.1, -0.05) is 29.8 Å². The van der Waals surface area contributed by atoms with E-state index in [0.717, 1.165) is 0 Å². The summed E-state index contributed by atoms with van der Waals surface area (Å²) < 4.78 is 5.37. The van der Waals surface area contributed by atoms with E-state index in [1.807, 2.05) is 13.8 Å². The molecule has 1 N–H and O–H groups in total. The summed E-state index contributed by atoms with van der Waals surface area (Å²) in [5, 5.41) is 9.93. The Balaban J connectivity index is 3.06. The van der Waals surface area contributed by atoms with E-state index in [1.54, 1.807) is 45.0 Å². The number of halogens is 1. The standard InChI is InChI=1S/C17H24ClNO4/c1-11(2)19(16(22)23-17(3,4)5)10-13(15(20)21)12-8-6-7-9-14(12)18/h6-9,11,13H,10H2,1-5H3,(H,20,21). The van der Waals surface area contributed by atoms with Crippen molar-refractivity contribution in [2.75, 3.05) is 6.54 Å². The topological polar surface area (TPSA) is 66.8 Å². The summed E-state index contributed by atoms with van der Waals surface area (Å²) in [6.07, 6.45) is -0.536. The van der Waals surface area contributed by atoms with Gasteiger partial charge >= 0.3 is 12.1 Å². The Morgan fingerprint density at radius 2 is 1.83 bits per heavy atom. The van der Waals surface area contributed by atoms with Gasteiger partial charge < -0.3 is 14.7 Å². The lowest BCUT2D eigenvalue weighted by Gasteiger charge is -2.32.